The monoisotopic (exact) mass is 392 g/mol. The molecular weight excluding hydrogens is 384 g/mol. The van der Waals surface area contributed by atoms with E-state index in [1.807, 2.05) is 24.3 Å². The highest BCUT2D eigenvalue weighted by Gasteiger charge is 2.09. The Kier molecular flexibility index (Phi) is 3.35. The lowest BCUT2D eigenvalue weighted by atomic mass is 10.1. The van der Waals surface area contributed by atoms with Crippen LogP contribution in [0.3, 0.4) is 0 Å². The number of anilines is 2. The molecule has 0 aliphatic carbocycles. The van der Waals surface area contributed by atoms with Crippen LogP contribution < -0.4 is 11.5 Å². The van der Waals surface area contributed by atoms with Crippen molar-refractivity contribution in [3.8, 4) is 11.1 Å². The zero-order chi connectivity index (χ0) is 14.3. The molecule has 0 bridgehead atoms. The lowest BCUT2D eigenvalue weighted by molar-refractivity contribution is 1.33. The van der Waals surface area contributed by atoms with Crippen molar-refractivity contribution >= 4 is 54.4 Å². The van der Waals surface area contributed by atoms with Gasteiger partial charge in [-0.15, -0.1) is 0 Å². The predicted molar refractivity (Wildman–Crippen MR) is 89.2 cm³/mol. The number of hydrogen-bond donors (Lipinski definition) is 2. The molecule has 0 saturated carbocycles. The lowest BCUT2D eigenvalue weighted by Gasteiger charge is -2.09. The lowest BCUT2D eigenvalue weighted by Crippen LogP contribution is -1.97. The molecule has 6 heteroatoms. The van der Waals surface area contributed by atoms with Gasteiger partial charge in [0, 0.05) is 32.2 Å². The molecule has 0 saturated heterocycles. The van der Waals surface area contributed by atoms with E-state index in [0.717, 1.165) is 31.0 Å². The van der Waals surface area contributed by atoms with E-state index < -0.39 is 0 Å². The summed E-state index contributed by atoms with van der Waals surface area (Å²) >= 11 is 6.94. The highest BCUT2D eigenvalue weighted by atomic mass is 79.9. The minimum absolute atomic E-state index is 0.434. The van der Waals surface area contributed by atoms with E-state index in [-0.39, 0.29) is 0 Å². The van der Waals surface area contributed by atoms with E-state index in [1.165, 1.54) is 0 Å². The molecular formula is C14H10Br2N4. The van der Waals surface area contributed by atoms with Crippen LogP contribution in [0.4, 0.5) is 11.6 Å². The summed E-state index contributed by atoms with van der Waals surface area (Å²) in [5.74, 6) is 0.904. The molecule has 1 aromatic carbocycles. The third kappa shape index (κ3) is 2.36. The van der Waals surface area contributed by atoms with Crippen LogP contribution in [0.2, 0.25) is 0 Å². The first kappa shape index (κ1) is 13.3. The van der Waals surface area contributed by atoms with Crippen LogP contribution in [-0.4, -0.2) is 9.97 Å². The minimum atomic E-state index is 0.434. The molecule has 0 atom stereocenters. The topological polar surface area (TPSA) is 77.8 Å². The Labute approximate surface area is 132 Å². The van der Waals surface area contributed by atoms with Crippen molar-refractivity contribution < 1.29 is 0 Å². The Morgan fingerprint density at radius 2 is 1.75 bits per heavy atom. The van der Waals surface area contributed by atoms with Gasteiger partial charge in [-0.2, -0.15) is 0 Å². The van der Waals surface area contributed by atoms with Gasteiger partial charge in [-0.1, -0.05) is 6.07 Å². The Morgan fingerprint density at radius 1 is 0.950 bits per heavy atom. The second kappa shape index (κ2) is 5.03. The highest BCUT2D eigenvalue weighted by molar-refractivity contribution is 9.13. The van der Waals surface area contributed by atoms with Crippen molar-refractivity contribution in [2.75, 3.05) is 11.5 Å². The third-order valence-electron chi connectivity index (χ3n) is 2.98. The number of aromatic nitrogens is 2. The molecule has 0 amide bonds. The van der Waals surface area contributed by atoms with Crippen molar-refractivity contribution in [2.45, 2.75) is 0 Å². The Hall–Kier alpha value is -1.66. The summed E-state index contributed by atoms with van der Waals surface area (Å²) in [4.78, 5) is 8.48. The van der Waals surface area contributed by atoms with E-state index in [1.54, 1.807) is 12.3 Å². The minimum Gasteiger partial charge on any atom is -0.384 e. The quantitative estimate of drug-likeness (QED) is 0.655. The smallest absolute Gasteiger partial charge is 0.132 e. The summed E-state index contributed by atoms with van der Waals surface area (Å²) in [5.41, 5.74) is 14.3. The van der Waals surface area contributed by atoms with Gasteiger partial charge in [0.2, 0.25) is 0 Å². The summed E-state index contributed by atoms with van der Waals surface area (Å²) in [6.07, 6.45) is 1.70. The number of nitrogen functional groups attached to an aromatic ring is 2. The van der Waals surface area contributed by atoms with Gasteiger partial charge in [-0.05, 0) is 55.6 Å². The van der Waals surface area contributed by atoms with Gasteiger partial charge >= 0.3 is 0 Å². The van der Waals surface area contributed by atoms with Gasteiger partial charge in [0.1, 0.15) is 11.6 Å². The van der Waals surface area contributed by atoms with Crippen LogP contribution >= 0.6 is 31.9 Å². The molecule has 100 valence electrons. The fourth-order valence-electron chi connectivity index (χ4n) is 1.99. The van der Waals surface area contributed by atoms with Crippen LogP contribution in [0.5, 0.6) is 0 Å². The molecule has 0 aliphatic rings. The van der Waals surface area contributed by atoms with Crippen molar-refractivity contribution in [2.24, 2.45) is 0 Å². The van der Waals surface area contributed by atoms with E-state index in [4.69, 9.17) is 11.5 Å². The number of fused-ring (bicyclic) bond motifs is 1. The highest BCUT2D eigenvalue weighted by Crippen LogP contribution is 2.33. The summed E-state index contributed by atoms with van der Waals surface area (Å²) in [5, 5.41) is 0.905. The second-order valence-electron chi connectivity index (χ2n) is 4.35. The van der Waals surface area contributed by atoms with Crippen molar-refractivity contribution in [3.63, 3.8) is 0 Å². The van der Waals surface area contributed by atoms with Crippen LogP contribution in [-0.2, 0) is 0 Å². The van der Waals surface area contributed by atoms with Gasteiger partial charge in [0.15, 0.2) is 0 Å². The number of halogens is 2. The fourth-order valence-corrected chi connectivity index (χ4v) is 2.62. The number of rotatable bonds is 1. The van der Waals surface area contributed by atoms with Gasteiger partial charge in [0.25, 0.3) is 0 Å². The normalized spacial score (nSPS) is 10.9. The molecule has 0 spiro atoms. The molecule has 0 radical (unpaired) electrons. The maximum atomic E-state index is 6.06. The molecule has 4 N–H and O–H groups in total. The predicted octanol–water partition coefficient (Wildman–Crippen LogP) is 3.99. The summed E-state index contributed by atoms with van der Waals surface area (Å²) in [6.45, 7) is 0. The van der Waals surface area contributed by atoms with E-state index in [0.29, 0.717) is 11.6 Å². The van der Waals surface area contributed by atoms with Crippen LogP contribution in [0.1, 0.15) is 0 Å². The summed E-state index contributed by atoms with van der Waals surface area (Å²) < 4.78 is 1.95. The van der Waals surface area contributed by atoms with E-state index in [9.17, 15) is 0 Å². The van der Waals surface area contributed by atoms with Crippen molar-refractivity contribution in [3.05, 3.63) is 45.5 Å². The van der Waals surface area contributed by atoms with Crippen molar-refractivity contribution in [1.82, 2.24) is 9.97 Å². The maximum absolute atomic E-state index is 6.06. The molecule has 20 heavy (non-hydrogen) atoms. The summed E-state index contributed by atoms with van der Waals surface area (Å²) in [7, 11) is 0. The molecule has 0 aliphatic heterocycles. The van der Waals surface area contributed by atoms with Gasteiger partial charge in [-0.3, -0.25) is 0 Å². The first-order valence-electron chi connectivity index (χ1n) is 5.82. The third-order valence-corrected chi connectivity index (χ3v) is 4.86. The SMILES string of the molecule is Nc1cc2nc(N)c(-c3ccc(Br)c(Br)c3)cc2cn1. The Morgan fingerprint density at radius 3 is 2.50 bits per heavy atom. The fraction of sp³-hybridized carbons (Fsp3) is 0. The molecule has 0 unspecified atom stereocenters. The van der Waals surface area contributed by atoms with Crippen LogP contribution in [0, 0.1) is 0 Å². The molecule has 3 rings (SSSR count). The van der Waals surface area contributed by atoms with Crippen molar-refractivity contribution in [1.29, 1.82) is 0 Å². The number of nitrogens with two attached hydrogens (primary N) is 2. The molecule has 4 nitrogen and oxygen atoms in total. The summed E-state index contributed by atoms with van der Waals surface area (Å²) in [6, 6.07) is 9.63. The zero-order valence-corrected chi connectivity index (χ0v) is 13.4. The number of hydrogen-bond acceptors (Lipinski definition) is 4. The van der Waals surface area contributed by atoms with Gasteiger partial charge in [-0.25, -0.2) is 9.97 Å². The number of benzene rings is 1. The van der Waals surface area contributed by atoms with Gasteiger partial charge < -0.3 is 11.5 Å². The Bertz CT molecular complexity index is 818. The first-order chi connectivity index (χ1) is 9.54. The maximum Gasteiger partial charge on any atom is 0.132 e. The molecule has 2 heterocycles. The second-order valence-corrected chi connectivity index (χ2v) is 6.06. The first-order valence-corrected chi connectivity index (χ1v) is 7.40. The molecule has 3 aromatic rings. The standard InChI is InChI=1S/C14H10Br2N4/c15-10-2-1-7(4-11(10)16)9-3-8-6-19-13(17)5-12(8)20-14(9)18/h1-6H,(H2,17,19)(H2,18,20). The van der Waals surface area contributed by atoms with E-state index in [2.05, 4.69) is 41.8 Å². The van der Waals surface area contributed by atoms with E-state index >= 15 is 0 Å². The molecule has 0 fully saturated rings. The average molecular weight is 394 g/mol. The van der Waals surface area contributed by atoms with Gasteiger partial charge in [0.05, 0.1) is 5.52 Å². The molecule has 2 aromatic heterocycles. The van der Waals surface area contributed by atoms with Crippen LogP contribution in [0.25, 0.3) is 22.0 Å². The zero-order valence-electron chi connectivity index (χ0n) is 10.3. The largest absolute Gasteiger partial charge is 0.384 e. The van der Waals surface area contributed by atoms with Crippen LogP contribution in [0.15, 0.2) is 45.5 Å². The number of pyridine rings is 2. The average Bonchev–Trinajstić information content (AvgIpc) is 2.41. The Balaban J connectivity index is 2.22. The number of nitrogens with zero attached hydrogens (tertiary/aromatic N) is 2.